The first-order valence-electron chi connectivity index (χ1n) is 8.64. The number of carbonyl (C=O) groups is 1. The molecule has 0 aliphatic carbocycles. The number of para-hydroxylation sites is 2. The van der Waals surface area contributed by atoms with Gasteiger partial charge in [0.15, 0.2) is 0 Å². The van der Waals surface area contributed by atoms with E-state index in [1.165, 1.54) is 0 Å². The molecule has 5 heteroatoms. The Hall–Kier alpha value is -2.69. The van der Waals surface area contributed by atoms with E-state index in [2.05, 4.69) is 17.6 Å². The third-order valence-electron chi connectivity index (χ3n) is 3.66. The fourth-order valence-electron chi connectivity index (χ4n) is 2.22. The second-order valence-corrected chi connectivity index (χ2v) is 5.70. The highest BCUT2D eigenvalue weighted by Gasteiger charge is 2.08. The summed E-state index contributed by atoms with van der Waals surface area (Å²) < 4.78 is 11.3. The predicted molar refractivity (Wildman–Crippen MR) is 102 cm³/mol. The van der Waals surface area contributed by atoms with Crippen molar-refractivity contribution in [3.8, 4) is 11.5 Å². The number of hydrogen-bond acceptors (Lipinski definition) is 4. The van der Waals surface area contributed by atoms with E-state index in [4.69, 9.17) is 9.47 Å². The second kappa shape index (κ2) is 9.57. The number of nitrogens with one attached hydrogen (secondary N) is 2. The summed E-state index contributed by atoms with van der Waals surface area (Å²) >= 11 is 0. The van der Waals surface area contributed by atoms with Crippen molar-refractivity contribution >= 4 is 17.3 Å². The summed E-state index contributed by atoms with van der Waals surface area (Å²) in [5.41, 5.74) is 1.51. The van der Waals surface area contributed by atoms with Crippen LogP contribution in [-0.4, -0.2) is 25.2 Å². The molecule has 0 bridgehead atoms. The molecule has 0 heterocycles. The molecule has 0 fully saturated rings. The van der Waals surface area contributed by atoms with Crippen LogP contribution in [0.2, 0.25) is 0 Å². The fourth-order valence-corrected chi connectivity index (χ4v) is 2.22. The predicted octanol–water partition coefficient (Wildman–Crippen LogP) is 4.31. The minimum atomic E-state index is -0.139. The lowest BCUT2D eigenvalue weighted by Gasteiger charge is -2.14. The zero-order valence-corrected chi connectivity index (χ0v) is 15.0. The van der Waals surface area contributed by atoms with Crippen LogP contribution in [0.4, 0.5) is 11.4 Å². The monoisotopic (exact) mass is 342 g/mol. The molecule has 0 saturated carbocycles. The van der Waals surface area contributed by atoms with Crippen LogP contribution < -0.4 is 20.1 Å². The highest BCUT2D eigenvalue weighted by molar-refractivity contribution is 5.95. The molecule has 0 spiro atoms. The average molecular weight is 342 g/mol. The fraction of sp³-hybridized carbons (Fsp3) is 0.350. The first kappa shape index (κ1) is 18.6. The molecule has 1 unspecified atom stereocenters. The number of rotatable bonds is 9. The molecule has 0 aromatic heterocycles. The van der Waals surface area contributed by atoms with Gasteiger partial charge in [0.2, 0.25) is 5.91 Å². The van der Waals surface area contributed by atoms with Gasteiger partial charge in [0.05, 0.1) is 24.9 Å². The van der Waals surface area contributed by atoms with Gasteiger partial charge in [-0.05, 0) is 44.5 Å². The second-order valence-electron chi connectivity index (χ2n) is 5.70. The van der Waals surface area contributed by atoms with Gasteiger partial charge in [-0.1, -0.05) is 25.1 Å². The standard InChI is InChI=1S/C20H26N2O3/c1-4-15(3)25-17-10-8-9-16(13-17)21-14-20(23)22-18-11-6-7-12-19(18)24-5-2/h6-13,15,21H,4-5,14H2,1-3H3,(H,22,23). The average Bonchev–Trinajstić information content (AvgIpc) is 2.62. The third-order valence-corrected chi connectivity index (χ3v) is 3.66. The van der Waals surface area contributed by atoms with Crippen LogP contribution in [-0.2, 0) is 4.79 Å². The van der Waals surface area contributed by atoms with E-state index in [-0.39, 0.29) is 18.6 Å². The Labute approximate surface area is 149 Å². The van der Waals surface area contributed by atoms with Gasteiger partial charge >= 0.3 is 0 Å². The molecule has 0 saturated heterocycles. The van der Waals surface area contributed by atoms with Crippen molar-refractivity contribution in [3.63, 3.8) is 0 Å². The molecular weight excluding hydrogens is 316 g/mol. The van der Waals surface area contributed by atoms with Crippen molar-refractivity contribution in [2.75, 3.05) is 23.8 Å². The van der Waals surface area contributed by atoms with Crippen LogP contribution >= 0.6 is 0 Å². The van der Waals surface area contributed by atoms with E-state index < -0.39 is 0 Å². The van der Waals surface area contributed by atoms with Crippen molar-refractivity contribution in [3.05, 3.63) is 48.5 Å². The van der Waals surface area contributed by atoms with Crippen molar-refractivity contribution in [2.45, 2.75) is 33.3 Å². The first-order chi connectivity index (χ1) is 12.1. The number of anilines is 2. The van der Waals surface area contributed by atoms with Gasteiger partial charge < -0.3 is 20.1 Å². The summed E-state index contributed by atoms with van der Waals surface area (Å²) in [6.07, 6.45) is 1.10. The summed E-state index contributed by atoms with van der Waals surface area (Å²) in [5.74, 6) is 1.32. The zero-order chi connectivity index (χ0) is 18.1. The normalized spacial score (nSPS) is 11.5. The third kappa shape index (κ3) is 6.03. The van der Waals surface area contributed by atoms with E-state index >= 15 is 0 Å². The van der Waals surface area contributed by atoms with Crippen molar-refractivity contribution in [2.24, 2.45) is 0 Å². The first-order valence-corrected chi connectivity index (χ1v) is 8.64. The maximum Gasteiger partial charge on any atom is 0.243 e. The largest absolute Gasteiger partial charge is 0.492 e. The summed E-state index contributed by atoms with van der Waals surface area (Å²) in [4.78, 5) is 12.2. The van der Waals surface area contributed by atoms with Crippen molar-refractivity contribution in [1.29, 1.82) is 0 Å². The Morgan fingerprint density at radius 2 is 1.92 bits per heavy atom. The van der Waals surface area contributed by atoms with Crippen LogP contribution in [0.15, 0.2) is 48.5 Å². The summed E-state index contributed by atoms with van der Waals surface area (Å²) in [7, 11) is 0. The summed E-state index contributed by atoms with van der Waals surface area (Å²) in [6.45, 7) is 6.73. The van der Waals surface area contributed by atoms with Gasteiger partial charge in [-0.2, -0.15) is 0 Å². The lowest BCUT2D eigenvalue weighted by molar-refractivity contribution is -0.114. The molecular formula is C20H26N2O3. The van der Waals surface area contributed by atoms with E-state index in [9.17, 15) is 4.79 Å². The lowest BCUT2D eigenvalue weighted by Crippen LogP contribution is -2.22. The molecule has 0 aliphatic heterocycles. The molecule has 1 atom stereocenters. The number of hydrogen-bond donors (Lipinski definition) is 2. The van der Waals surface area contributed by atoms with Crippen LogP contribution in [0.1, 0.15) is 27.2 Å². The Morgan fingerprint density at radius 3 is 2.68 bits per heavy atom. The lowest BCUT2D eigenvalue weighted by atomic mass is 10.2. The minimum absolute atomic E-state index is 0.139. The number of carbonyl (C=O) groups excluding carboxylic acids is 1. The van der Waals surface area contributed by atoms with Crippen LogP contribution in [0.3, 0.4) is 0 Å². The molecule has 2 aromatic carbocycles. The summed E-state index contributed by atoms with van der Waals surface area (Å²) in [6, 6.07) is 15.0. The van der Waals surface area contributed by atoms with E-state index in [0.29, 0.717) is 18.0 Å². The van der Waals surface area contributed by atoms with Crippen molar-refractivity contribution in [1.82, 2.24) is 0 Å². The van der Waals surface area contributed by atoms with Crippen molar-refractivity contribution < 1.29 is 14.3 Å². The highest BCUT2D eigenvalue weighted by Crippen LogP contribution is 2.23. The van der Waals surface area contributed by atoms with Gasteiger partial charge in [0.1, 0.15) is 11.5 Å². The molecule has 0 radical (unpaired) electrons. The van der Waals surface area contributed by atoms with Crippen LogP contribution in [0.5, 0.6) is 11.5 Å². The Kier molecular flexibility index (Phi) is 7.14. The maximum atomic E-state index is 12.2. The van der Waals surface area contributed by atoms with Crippen LogP contribution in [0, 0.1) is 0 Å². The number of benzene rings is 2. The molecule has 2 aromatic rings. The maximum absolute atomic E-state index is 12.2. The molecule has 5 nitrogen and oxygen atoms in total. The minimum Gasteiger partial charge on any atom is -0.492 e. The van der Waals surface area contributed by atoms with Crippen LogP contribution in [0.25, 0.3) is 0 Å². The zero-order valence-electron chi connectivity index (χ0n) is 15.0. The molecule has 0 aliphatic rings. The molecule has 134 valence electrons. The number of ether oxygens (including phenoxy) is 2. The van der Waals surface area contributed by atoms with Gasteiger partial charge in [-0.15, -0.1) is 0 Å². The quantitative estimate of drug-likeness (QED) is 0.713. The Balaban J connectivity index is 1.91. The van der Waals surface area contributed by atoms with Gasteiger partial charge in [0, 0.05) is 11.8 Å². The molecule has 2 N–H and O–H groups in total. The smallest absolute Gasteiger partial charge is 0.243 e. The van der Waals surface area contributed by atoms with Gasteiger partial charge in [-0.3, -0.25) is 4.79 Å². The molecule has 2 rings (SSSR count). The number of amides is 1. The Bertz CT molecular complexity index is 688. The Morgan fingerprint density at radius 1 is 1.12 bits per heavy atom. The molecule has 1 amide bonds. The molecule has 25 heavy (non-hydrogen) atoms. The SMILES string of the molecule is CCOc1ccccc1NC(=O)CNc1cccc(OC(C)CC)c1. The topological polar surface area (TPSA) is 59.6 Å². The summed E-state index contributed by atoms with van der Waals surface area (Å²) in [5, 5.41) is 5.98. The van der Waals surface area contributed by atoms with E-state index in [0.717, 1.165) is 17.9 Å². The van der Waals surface area contributed by atoms with E-state index in [1.807, 2.05) is 62.4 Å². The van der Waals surface area contributed by atoms with Gasteiger partial charge in [0.25, 0.3) is 0 Å². The van der Waals surface area contributed by atoms with E-state index in [1.54, 1.807) is 0 Å². The van der Waals surface area contributed by atoms with Gasteiger partial charge in [-0.25, -0.2) is 0 Å². The highest BCUT2D eigenvalue weighted by atomic mass is 16.5.